The van der Waals surface area contributed by atoms with Gasteiger partial charge in [0.2, 0.25) is 5.91 Å². The topological polar surface area (TPSA) is 99.7 Å². The molecular weight excluding hydrogens is 398 g/mol. The molecule has 0 saturated carbocycles. The molecule has 0 unspecified atom stereocenters. The number of fused-ring (bicyclic) bond motifs is 4. The van der Waals surface area contributed by atoms with Gasteiger partial charge in [0.25, 0.3) is 0 Å². The Morgan fingerprint density at radius 2 is 2.23 bits per heavy atom. The van der Waals surface area contributed by atoms with Crippen molar-refractivity contribution in [2.24, 2.45) is 5.92 Å². The number of rotatable bonds is 5. The molecular formula is C21H23N7OS. The van der Waals surface area contributed by atoms with E-state index in [4.69, 9.17) is 0 Å². The highest BCUT2D eigenvalue weighted by Crippen LogP contribution is 2.40. The largest absolute Gasteiger partial charge is 0.346 e. The van der Waals surface area contributed by atoms with Gasteiger partial charge in [-0.3, -0.25) is 9.89 Å². The van der Waals surface area contributed by atoms with E-state index in [1.54, 1.807) is 30.1 Å². The smallest absolute Gasteiger partial charge is 0.225 e. The van der Waals surface area contributed by atoms with E-state index in [0.717, 1.165) is 59.2 Å². The molecule has 0 saturated heterocycles. The zero-order valence-electron chi connectivity index (χ0n) is 17.0. The van der Waals surface area contributed by atoms with Crippen LogP contribution in [-0.2, 0) is 17.6 Å². The summed E-state index contributed by atoms with van der Waals surface area (Å²) >= 11 is 1.68. The molecule has 30 heavy (non-hydrogen) atoms. The molecule has 9 heteroatoms. The number of nitrogens with zero attached hydrogens (tertiary/aromatic N) is 5. The lowest BCUT2D eigenvalue weighted by molar-refractivity contribution is -0.134. The number of aromatic nitrogens is 5. The number of hydrogen-bond donors (Lipinski definition) is 2. The first-order chi connectivity index (χ1) is 14.6. The number of anilines is 2. The Morgan fingerprint density at radius 1 is 1.33 bits per heavy atom. The van der Waals surface area contributed by atoms with Crippen LogP contribution >= 0.6 is 11.3 Å². The maximum Gasteiger partial charge on any atom is 0.225 e. The first kappa shape index (κ1) is 18.9. The number of H-pyrrole nitrogens is 1. The van der Waals surface area contributed by atoms with E-state index in [9.17, 15) is 4.79 Å². The summed E-state index contributed by atoms with van der Waals surface area (Å²) in [5, 5.41) is 12.4. The van der Waals surface area contributed by atoms with E-state index in [1.807, 2.05) is 18.0 Å². The predicted molar refractivity (Wildman–Crippen MR) is 118 cm³/mol. The van der Waals surface area contributed by atoms with Crippen LogP contribution in [0.1, 0.15) is 30.2 Å². The number of nitrogens with one attached hydrogen (secondary N) is 2. The first-order valence-corrected chi connectivity index (χ1v) is 11.0. The molecule has 4 heterocycles. The van der Waals surface area contributed by atoms with Crippen LogP contribution in [0.3, 0.4) is 0 Å². The van der Waals surface area contributed by atoms with E-state index < -0.39 is 0 Å². The molecule has 0 aromatic carbocycles. The molecule has 0 aliphatic heterocycles. The second-order valence-corrected chi connectivity index (χ2v) is 8.84. The number of carbonyl (C=O) groups excluding carboxylic acids is 1. The highest BCUT2D eigenvalue weighted by molar-refractivity contribution is 7.19. The molecule has 1 atom stereocenters. The van der Waals surface area contributed by atoms with Crippen molar-refractivity contribution >= 4 is 50.0 Å². The molecule has 0 spiro atoms. The van der Waals surface area contributed by atoms with Gasteiger partial charge in [0.15, 0.2) is 0 Å². The van der Waals surface area contributed by atoms with Crippen LogP contribution in [-0.4, -0.2) is 49.5 Å². The third-order valence-corrected chi connectivity index (χ3v) is 6.86. The van der Waals surface area contributed by atoms with Crippen molar-refractivity contribution in [1.82, 2.24) is 30.0 Å². The second kappa shape index (κ2) is 7.64. The van der Waals surface area contributed by atoms with Gasteiger partial charge in [-0.1, -0.05) is 6.92 Å². The average molecular weight is 422 g/mol. The summed E-state index contributed by atoms with van der Waals surface area (Å²) in [7, 11) is 1.91. The Kier molecular flexibility index (Phi) is 4.82. The summed E-state index contributed by atoms with van der Waals surface area (Å²) < 4.78 is 0. The van der Waals surface area contributed by atoms with Crippen molar-refractivity contribution in [3.8, 4) is 0 Å². The van der Waals surface area contributed by atoms with E-state index in [1.165, 1.54) is 10.4 Å². The molecule has 2 N–H and O–H groups in total. The van der Waals surface area contributed by atoms with Crippen LogP contribution in [0.4, 0.5) is 11.6 Å². The number of pyridine rings is 1. The third kappa shape index (κ3) is 3.28. The molecule has 4 aromatic rings. The lowest BCUT2D eigenvalue weighted by atomic mass is 9.87. The van der Waals surface area contributed by atoms with Crippen LogP contribution in [0.5, 0.6) is 0 Å². The highest BCUT2D eigenvalue weighted by atomic mass is 32.1. The van der Waals surface area contributed by atoms with E-state index in [0.29, 0.717) is 5.82 Å². The fraction of sp³-hybridized carbons (Fsp3) is 0.381. The summed E-state index contributed by atoms with van der Waals surface area (Å²) in [6, 6.07) is 1.95. The molecule has 0 radical (unpaired) electrons. The Labute approximate surface area is 177 Å². The van der Waals surface area contributed by atoms with Gasteiger partial charge in [0.1, 0.15) is 22.8 Å². The summed E-state index contributed by atoms with van der Waals surface area (Å²) in [6.07, 6.45) is 8.60. The molecule has 1 aliphatic carbocycles. The lowest BCUT2D eigenvalue weighted by Crippen LogP contribution is -2.35. The van der Waals surface area contributed by atoms with Crippen LogP contribution in [0, 0.1) is 5.92 Å². The van der Waals surface area contributed by atoms with Gasteiger partial charge >= 0.3 is 0 Å². The minimum absolute atomic E-state index is 0.0524. The summed E-state index contributed by atoms with van der Waals surface area (Å²) in [6.45, 7) is 2.91. The number of thiophene rings is 1. The van der Waals surface area contributed by atoms with Crippen LogP contribution in [0.25, 0.3) is 21.1 Å². The maximum absolute atomic E-state index is 12.8. The van der Waals surface area contributed by atoms with E-state index in [2.05, 4.69) is 37.4 Å². The van der Waals surface area contributed by atoms with Gasteiger partial charge in [0, 0.05) is 29.8 Å². The molecule has 1 amide bonds. The fourth-order valence-electron chi connectivity index (χ4n) is 4.21. The van der Waals surface area contributed by atoms with Crippen molar-refractivity contribution in [2.75, 3.05) is 18.9 Å². The van der Waals surface area contributed by atoms with Gasteiger partial charge in [-0.05, 0) is 37.3 Å². The van der Waals surface area contributed by atoms with Crippen LogP contribution < -0.4 is 5.32 Å². The van der Waals surface area contributed by atoms with Gasteiger partial charge < -0.3 is 10.2 Å². The average Bonchev–Trinajstić information content (AvgIpc) is 3.37. The van der Waals surface area contributed by atoms with Crippen molar-refractivity contribution in [1.29, 1.82) is 0 Å². The summed E-state index contributed by atoms with van der Waals surface area (Å²) in [5.74, 6) is 1.79. The molecule has 154 valence electrons. The van der Waals surface area contributed by atoms with Gasteiger partial charge in [-0.15, -0.1) is 11.3 Å². The van der Waals surface area contributed by atoms with Crippen molar-refractivity contribution < 1.29 is 4.79 Å². The highest BCUT2D eigenvalue weighted by Gasteiger charge is 2.30. The SMILES string of the molecule is CCCN(C)C(=O)[C@H]1CCc2c(sc3ncnc(Nc4cc5cn[nH]c5cn4)c23)C1. The summed E-state index contributed by atoms with van der Waals surface area (Å²) in [5.41, 5.74) is 2.16. The fourth-order valence-corrected chi connectivity index (χ4v) is 5.47. The zero-order chi connectivity index (χ0) is 20.7. The molecule has 0 bridgehead atoms. The number of carbonyl (C=O) groups is 1. The van der Waals surface area contributed by atoms with Crippen molar-refractivity contribution in [3.63, 3.8) is 0 Å². The Hall–Kier alpha value is -3.07. The molecule has 8 nitrogen and oxygen atoms in total. The van der Waals surface area contributed by atoms with Gasteiger partial charge in [-0.2, -0.15) is 5.10 Å². The Balaban J connectivity index is 1.46. The Bertz CT molecular complexity index is 1230. The van der Waals surface area contributed by atoms with E-state index >= 15 is 0 Å². The summed E-state index contributed by atoms with van der Waals surface area (Å²) in [4.78, 5) is 30.3. The molecule has 0 fully saturated rings. The molecule has 4 aromatic heterocycles. The predicted octanol–water partition coefficient (Wildman–Crippen LogP) is 3.68. The third-order valence-electron chi connectivity index (χ3n) is 5.70. The lowest BCUT2D eigenvalue weighted by Gasteiger charge is -2.26. The second-order valence-electron chi connectivity index (χ2n) is 7.76. The number of amides is 1. The standard InChI is InChI=1S/C21H23N7OS/c1-3-6-28(2)21(29)12-4-5-14-16(7-12)30-20-18(14)19(23-11-24-20)26-17-8-13-9-25-27-15(13)10-22-17/h8-12H,3-7H2,1-2H3,(H,25,27)(H,22,23,24,26)/t12-/m0/s1. The van der Waals surface area contributed by atoms with Crippen LogP contribution in [0.2, 0.25) is 0 Å². The Morgan fingerprint density at radius 3 is 3.10 bits per heavy atom. The number of aromatic amines is 1. The number of hydrogen-bond acceptors (Lipinski definition) is 7. The normalized spacial score (nSPS) is 16.0. The molecule has 5 rings (SSSR count). The van der Waals surface area contributed by atoms with Crippen LogP contribution in [0.15, 0.2) is 24.8 Å². The van der Waals surface area contributed by atoms with Gasteiger partial charge in [0.05, 0.1) is 23.3 Å². The van der Waals surface area contributed by atoms with Crippen molar-refractivity contribution in [2.45, 2.75) is 32.6 Å². The van der Waals surface area contributed by atoms with Gasteiger partial charge in [-0.25, -0.2) is 15.0 Å². The van der Waals surface area contributed by atoms with Crippen molar-refractivity contribution in [3.05, 3.63) is 35.2 Å². The maximum atomic E-state index is 12.8. The number of aryl methyl sites for hydroxylation is 1. The molecule has 1 aliphatic rings. The zero-order valence-corrected chi connectivity index (χ0v) is 17.8. The minimum Gasteiger partial charge on any atom is -0.346 e. The quantitative estimate of drug-likeness (QED) is 0.510. The van der Waals surface area contributed by atoms with E-state index in [-0.39, 0.29) is 11.8 Å². The first-order valence-electron chi connectivity index (χ1n) is 10.2. The monoisotopic (exact) mass is 421 g/mol. The minimum atomic E-state index is 0.0524.